The summed E-state index contributed by atoms with van der Waals surface area (Å²) in [6, 6.07) is 12.1. The molecule has 2 aromatic carbocycles. The fourth-order valence-electron chi connectivity index (χ4n) is 3.66. The van der Waals surface area contributed by atoms with Crippen LogP contribution in [0.5, 0.6) is 17.2 Å². The standard InChI is InChI=1S/C22H14O7/c23-12-5-3-11(4-6-12)17-9-14(24)21-15(25)10-18-20(22(21)29-17)13(8-19(26)28-18)16-2-1-7-27-16/h1-7,9-10,13,23,25H,8H2/t13-/m1/s1. The van der Waals surface area contributed by atoms with E-state index in [1.807, 2.05) is 0 Å². The van der Waals surface area contributed by atoms with Crippen molar-refractivity contribution in [3.05, 3.63) is 76.3 Å². The molecule has 1 aliphatic heterocycles. The number of phenols is 2. The van der Waals surface area contributed by atoms with E-state index in [0.717, 1.165) is 0 Å². The van der Waals surface area contributed by atoms with Crippen LogP contribution >= 0.6 is 0 Å². The summed E-state index contributed by atoms with van der Waals surface area (Å²) in [6.45, 7) is 0. The van der Waals surface area contributed by atoms with E-state index < -0.39 is 17.3 Å². The zero-order chi connectivity index (χ0) is 20.1. The van der Waals surface area contributed by atoms with Gasteiger partial charge in [0.15, 0.2) is 5.43 Å². The average Bonchev–Trinajstić information content (AvgIpc) is 3.22. The molecule has 7 heteroatoms. The molecular formula is C22H14O7. The van der Waals surface area contributed by atoms with Gasteiger partial charge < -0.3 is 23.8 Å². The largest absolute Gasteiger partial charge is 0.508 e. The Morgan fingerprint density at radius 1 is 1.00 bits per heavy atom. The molecule has 29 heavy (non-hydrogen) atoms. The van der Waals surface area contributed by atoms with E-state index in [9.17, 15) is 19.8 Å². The minimum absolute atomic E-state index is 0.000725. The minimum atomic E-state index is -0.525. The number of ether oxygens (including phenoxy) is 1. The molecule has 1 aliphatic rings. The van der Waals surface area contributed by atoms with Gasteiger partial charge in [-0.05, 0) is 36.4 Å². The van der Waals surface area contributed by atoms with Gasteiger partial charge in [-0.3, -0.25) is 9.59 Å². The Morgan fingerprint density at radius 2 is 1.79 bits per heavy atom. The summed E-state index contributed by atoms with van der Waals surface area (Å²) in [5, 5.41) is 19.9. The Bertz CT molecular complexity index is 1300. The lowest BCUT2D eigenvalue weighted by molar-refractivity contribution is -0.135. The number of fused-ring (bicyclic) bond motifs is 3. The van der Waals surface area contributed by atoms with E-state index in [1.54, 1.807) is 24.3 Å². The third-order valence-corrected chi connectivity index (χ3v) is 4.96. The molecule has 7 nitrogen and oxygen atoms in total. The molecule has 0 spiro atoms. The van der Waals surface area contributed by atoms with Crippen LogP contribution in [0.4, 0.5) is 0 Å². The predicted molar refractivity (Wildman–Crippen MR) is 102 cm³/mol. The molecule has 2 aromatic heterocycles. The second kappa shape index (κ2) is 6.27. The number of hydrogen-bond donors (Lipinski definition) is 2. The first-order chi connectivity index (χ1) is 14.0. The molecule has 0 radical (unpaired) electrons. The predicted octanol–water partition coefficient (Wildman–Crippen LogP) is 3.91. The normalized spacial score (nSPS) is 15.9. The maximum Gasteiger partial charge on any atom is 0.312 e. The molecule has 4 aromatic rings. The van der Waals surface area contributed by atoms with Crippen LogP contribution in [0.3, 0.4) is 0 Å². The van der Waals surface area contributed by atoms with Crippen molar-refractivity contribution in [2.75, 3.05) is 0 Å². The van der Waals surface area contributed by atoms with Crippen molar-refractivity contribution in [3.8, 4) is 28.6 Å². The average molecular weight is 390 g/mol. The second-order valence-corrected chi connectivity index (χ2v) is 6.78. The van der Waals surface area contributed by atoms with Crippen molar-refractivity contribution in [1.82, 2.24) is 0 Å². The molecule has 0 amide bonds. The van der Waals surface area contributed by atoms with E-state index >= 15 is 0 Å². The summed E-state index contributed by atoms with van der Waals surface area (Å²) in [5.74, 6) is -0.358. The third kappa shape index (κ3) is 2.75. The van der Waals surface area contributed by atoms with Crippen LogP contribution in [0.25, 0.3) is 22.3 Å². The van der Waals surface area contributed by atoms with E-state index in [2.05, 4.69) is 0 Å². The van der Waals surface area contributed by atoms with Gasteiger partial charge in [-0.15, -0.1) is 0 Å². The molecule has 144 valence electrons. The Labute approximate surface area is 163 Å². The van der Waals surface area contributed by atoms with Gasteiger partial charge in [0.05, 0.1) is 18.6 Å². The molecule has 0 aliphatic carbocycles. The molecule has 5 rings (SSSR count). The van der Waals surface area contributed by atoms with E-state index in [0.29, 0.717) is 16.9 Å². The first kappa shape index (κ1) is 17.1. The summed E-state index contributed by atoms with van der Waals surface area (Å²) >= 11 is 0. The number of aromatic hydroxyl groups is 2. The number of rotatable bonds is 2. The van der Waals surface area contributed by atoms with E-state index in [-0.39, 0.29) is 40.4 Å². The maximum absolute atomic E-state index is 12.8. The summed E-state index contributed by atoms with van der Waals surface area (Å²) < 4.78 is 16.8. The summed E-state index contributed by atoms with van der Waals surface area (Å²) in [7, 11) is 0. The number of phenolic OH excluding ortho intramolecular Hbond substituents is 2. The number of carbonyl (C=O) groups excluding carboxylic acids is 1. The third-order valence-electron chi connectivity index (χ3n) is 4.96. The number of furan rings is 1. The Kier molecular flexibility index (Phi) is 3.70. The van der Waals surface area contributed by atoms with Gasteiger partial charge in [0.2, 0.25) is 0 Å². The van der Waals surface area contributed by atoms with Crippen molar-refractivity contribution >= 4 is 16.9 Å². The first-order valence-corrected chi connectivity index (χ1v) is 8.88. The molecule has 0 fully saturated rings. The summed E-state index contributed by atoms with van der Waals surface area (Å²) in [6.07, 6.45) is 1.50. The molecule has 0 unspecified atom stereocenters. The lowest BCUT2D eigenvalue weighted by Crippen LogP contribution is -2.21. The van der Waals surface area contributed by atoms with Crippen LogP contribution in [-0.4, -0.2) is 16.2 Å². The van der Waals surface area contributed by atoms with Gasteiger partial charge in [-0.2, -0.15) is 0 Å². The van der Waals surface area contributed by atoms with E-state index in [4.69, 9.17) is 13.6 Å². The van der Waals surface area contributed by atoms with Crippen molar-refractivity contribution in [2.45, 2.75) is 12.3 Å². The van der Waals surface area contributed by atoms with Gasteiger partial charge in [0.25, 0.3) is 0 Å². The van der Waals surface area contributed by atoms with Gasteiger partial charge >= 0.3 is 5.97 Å². The molecule has 0 saturated carbocycles. The quantitative estimate of drug-likeness (QED) is 0.394. The molecule has 0 bridgehead atoms. The highest BCUT2D eigenvalue weighted by molar-refractivity contribution is 5.93. The molecular weight excluding hydrogens is 376 g/mol. The molecule has 3 heterocycles. The fraction of sp³-hybridized carbons (Fsp3) is 0.0909. The molecule has 0 saturated heterocycles. The van der Waals surface area contributed by atoms with Crippen LogP contribution in [0.15, 0.2) is 68.4 Å². The Morgan fingerprint density at radius 3 is 2.52 bits per heavy atom. The number of esters is 1. The lowest BCUT2D eigenvalue weighted by Gasteiger charge is -2.24. The molecule has 1 atom stereocenters. The van der Waals surface area contributed by atoms with Crippen molar-refractivity contribution in [1.29, 1.82) is 0 Å². The fourth-order valence-corrected chi connectivity index (χ4v) is 3.66. The van der Waals surface area contributed by atoms with Gasteiger partial charge in [0, 0.05) is 23.3 Å². The highest BCUT2D eigenvalue weighted by Gasteiger charge is 2.35. The van der Waals surface area contributed by atoms with Gasteiger partial charge in [-0.1, -0.05) is 0 Å². The summed E-state index contributed by atoms with van der Waals surface area (Å²) in [4.78, 5) is 24.9. The van der Waals surface area contributed by atoms with E-state index in [1.165, 1.54) is 30.5 Å². The van der Waals surface area contributed by atoms with Crippen LogP contribution < -0.4 is 10.2 Å². The summed E-state index contributed by atoms with van der Waals surface area (Å²) in [5.41, 5.74) is 0.723. The van der Waals surface area contributed by atoms with Crippen LogP contribution in [0.2, 0.25) is 0 Å². The number of benzene rings is 2. The zero-order valence-electron chi connectivity index (χ0n) is 14.9. The Balaban J connectivity index is 1.83. The maximum atomic E-state index is 12.8. The first-order valence-electron chi connectivity index (χ1n) is 8.88. The molecule has 2 N–H and O–H groups in total. The second-order valence-electron chi connectivity index (χ2n) is 6.78. The highest BCUT2D eigenvalue weighted by atomic mass is 16.5. The number of hydrogen-bond acceptors (Lipinski definition) is 7. The van der Waals surface area contributed by atoms with Crippen molar-refractivity contribution < 1.29 is 28.6 Å². The van der Waals surface area contributed by atoms with Crippen LogP contribution in [-0.2, 0) is 4.79 Å². The topological polar surface area (TPSA) is 110 Å². The number of carbonyl (C=O) groups is 1. The van der Waals surface area contributed by atoms with Crippen molar-refractivity contribution in [2.24, 2.45) is 0 Å². The lowest BCUT2D eigenvalue weighted by atomic mass is 9.88. The van der Waals surface area contributed by atoms with Crippen molar-refractivity contribution in [3.63, 3.8) is 0 Å². The minimum Gasteiger partial charge on any atom is -0.508 e. The van der Waals surface area contributed by atoms with Crippen LogP contribution in [0.1, 0.15) is 23.7 Å². The van der Waals surface area contributed by atoms with Gasteiger partial charge in [0.1, 0.15) is 39.7 Å². The van der Waals surface area contributed by atoms with Gasteiger partial charge in [-0.25, -0.2) is 0 Å². The zero-order valence-corrected chi connectivity index (χ0v) is 14.9. The SMILES string of the molecule is O=C1C[C@H](c2ccco2)c2c(cc(O)c3c(=O)cc(-c4ccc(O)cc4)oc23)O1. The Hall–Kier alpha value is -4.00. The smallest absolute Gasteiger partial charge is 0.312 e. The highest BCUT2D eigenvalue weighted by Crippen LogP contribution is 2.46. The van der Waals surface area contributed by atoms with Crippen LogP contribution in [0, 0.1) is 0 Å². The monoisotopic (exact) mass is 390 g/mol.